The summed E-state index contributed by atoms with van der Waals surface area (Å²) in [4.78, 5) is 12.0. The Balaban J connectivity index is 1.46. The number of hydrogen-bond donors (Lipinski definition) is 2. The van der Waals surface area contributed by atoms with Crippen LogP contribution >= 0.6 is 34.4 Å². The maximum atomic E-state index is 12.0. The summed E-state index contributed by atoms with van der Waals surface area (Å²) in [6.45, 7) is 0. The Hall–Kier alpha value is -1.63. The molecule has 2 N–H and O–H groups in total. The van der Waals surface area contributed by atoms with Crippen molar-refractivity contribution in [1.82, 2.24) is 10.2 Å². The molecule has 1 aliphatic rings. The number of thioether (sulfide) groups is 1. The Morgan fingerprint density at radius 1 is 1.38 bits per heavy atom. The van der Waals surface area contributed by atoms with E-state index in [0.717, 1.165) is 9.47 Å². The normalized spacial score (nSPS) is 15.0. The molecule has 9 heteroatoms. The van der Waals surface area contributed by atoms with E-state index >= 15 is 0 Å². The van der Waals surface area contributed by atoms with Crippen LogP contribution in [0.1, 0.15) is 37.7 Å². The highest BCUT2D eigenvalue weighted by Crippen LogP contribution is 2.29. The van der Waals surface area contributed by atoms with E-state index in [4.69, 9.17) is 5.26 Å². The number of carbonyl (C=O) groups is 1. The molecule has 1 saturated carbocycles. The fourth-order valence-electron chi connectivity index (χ4n) is 2.53. The van der Waals surface area contributed by atoms with Crippen molar-refractivity contribution in [2.24, 2.45) is 0 Å². The Bertz CT molecular complexity index is 730. The first kappa shape index (κ1) is 17.2. The van der Waals surface area contributed by atoms with E-state index in [1.54, 1.807) is 11.4 Å². The fourth-order valence-corrected chi connectivity index (χ4v) is 4.91. The van der Waals surface area contributed by atoms with Crippen molar-refractivity contribution in [2.45, 2.75) is 42.5 Å². The van der Waals surface area contributed by atoms with E-state index in [2.05, 4.69) is 26.9 Å². The standard InChI is InChI=1S/C15H17N5OS3/c16-8-10-6-7-22-13(10)18-12(21)9-23-15-20-19-14(24-15)17-11-4-2-1-3-5-11/h6-7,11H,1-5,9H2,(H,17,19)(H,18,21). The SMILES string of the molecule is N#Cc1ccsc1NC(=O)CSc1nnc(NC2CCCCC2)s1. The summed E-state index contributed by atoms with van der Waals surface area (Å²) in [5.74, 6) is 0.108. The molecule has 0 bridgehead atoms. The molecule has 0 unspecified atom stereocenters. The van der Waals surface area contributed by atoms with Gasteiger partial charge in [0.1, 0.15) is 11.1 Å². The molecule has 0 radical (unpaired) electrons. The van der Waals surface area contributed by atoms with Gasteiger partial charge < -0.3 is 10.6 Å². The highest BCUT2D eigenvalue weighted by molar-refractivity contribution is 8.01. The molecule has 126 valence electrons. The van der Waals surface area contributed by atoms with Gasteiger partial charge in [-0.05, 0) is 24.3 Å². The molecular weight excluding hydrogens is 362 g/mol. The van der Waals surface area contributed by atoms with Crippen LogP contribution in [0.25, 0.3) is 0 Å². The third kappa shape index (κ3) is 4.69. The Morgan fingerprint density at radius 2 is 2.21 bits per heavy atom. The first-order valence-corrected chi connectivity index (χ1v) is 10.4. The van der Waals surface area contributed by atoms with Gasteiger partial charge in [0.05, 0.1) is 11.3 Å². The Labute approximate surface area is 152 Å². The van der Waals surface area contributed by atoms with E-state index in [9.17, 15) is 4.79 Å². The molecule has 2 aromatic heterocycles. The molecule has 0 saturated heterocycles. The summed E-state index contributed by atoms with van der Waals surface area (Å²) < 4.78 is 0.773. The van der Waals surface area contributed by atoms with Gasteiger partial charge in [-0.2, -0.15) is 5.26 Å². The zero-order valence-electron chi connectivity index (χ0n) is 12.9. The molecule has 6 nitrogen and oxygen atoms in total. The van der Waals surface area contributed by atoms with Crippen molar-refractivity contribution < 1.29 is 4.79 Å². The van der Waals surface area contributed by atoms with Crippen LogP contribution in [0.2, 0.25) is 0 Å². The number of carbonyl (C=O) groups excluding carboxylic acids is 1. The number of rotatable bonds is 6. The van der Waals surface area contributed by atoms with E-state index in [1.165, 1.54) is 66.5 Å². The number of hydrogen-bond acceptors (Lipinski definition) is 8. The van der Waals surface area contributed by atoms with Gasteiger partial charge in [0.2, 0.25) is 11.0 Å². The average molecular weight is 380 g/mol. The van der Waals surface area contributed by atoms with E-state index in [1.807, 2.05) is 0 Å². The van der Waals surface area contributed by atoms with Crippen LogP contribution in [0.15, 0.2) is 15.8 Å². The second-order valence-electron chi connectivity index (χ2n) is 5.46. The zero-order chi connectivity index (χ0) is 16.8. The monoisotopic (exact) mass is 379 g/mol. The second kappa shape index (κ2) is 8.46. The van der Waals surface area contributed by atoms with Gasteiger partial charge in [-0.1, -0.05) is 42.4 Å². The summed E-state index contributed by atoms with van der Waals surface area (Å²) in [6, 6.07) is 4.25. The van der Waals surface area contributed by atoms with Crippen LogP contribution in [-0.4, -0.2) is 27.9 Å². The largest absolute Gasteiger partial charge is 0.357 e. The molecule has 2 heterocycles. The van der Waals surface area contributed by atoms with Crippen LogP contribution in [0.5, 0.6) is 0 Å². The lowest BCUT2D eigenvalue weighted by Crippen LogP contribution is -2.21. The van der Waals surface area contributed by atoms with Gasteiger partial charge in [-0.15, -0.1) is 21.5 Å². The molecule has 1 aliphatic carbocycles. The van der Waals surface area contributed by atoms with Crippen LogP contribution in [0.3, 0.4) is 0 Å². The van der Waals surface area contributed by atoms with Gasteiger partial charge in [-0.25, -0.2) is 0 Å². The van der Waals surface area contributed by atoms with Crippen molar-refractivity contribution >= 4 is 50.5 Å². The van der Waals surface area contributed by atoms with Crippen LogP contribution in [-0.2, 0) is 4.79 Å². The highest BCUT2D eigenvalue weighted by Gasteiger charge is 2.16. The number of nitriles is 1. The molecule has 0 aliphatic heterocycles. The van der Waals surface area contributed by atoms with Crippen molar-refractivity contribution in [3.63, 3.8) is 0 Å². The van der Waals surface area contributed by atoms with Crippen LogP contribution in [0.4, 0.5) is 10.1 Å². The minimum absolute atomic E-state index is 0.143. The quantitative estimate of drug-likeness (QED) is 0.739. The maximum absolute atomic E-state index is 12.0. The highest BCUT2D eigenvalue weighted by atomic mass is 32.2. The number of aromatic nitrogens is 2. The van der Waals surface area contributed by atoms with Crippen LogP contribution < -0.4 is 10.6 Å². The van der Waals surface area contributed by atoms with Crippen molar-refractivity contribution in [3.8, 4) is 6.07 Å². The fraction of sp³-hybridized carbons (Fsp3) is 0.467. The van der Waals surface area contributed by atoms with Crippen molar-refractivity contribution in [2.75, 3.05) is 16.4 Å². The van der Waals surface area contributed by atoms with Gasteiger partial charge in [0.15, 0.2) is 4.34 Å². The maximum Gasteiger partial charge on any atom is 0.235 e. The van der Waals surface area contributed by atoms with Crippen LogP contribution in [0, 0.1) is 11.3 Å². The summed E-state index contributed by atoms with van der Waals surface area (Å²) in [5, 5.41) is 26.6. The smallest absolute Gasteiger partial charge is 0.235 e. The lowest BCUT2D eigenvalue weighted by atomic mass is 9.96. The summed E-state index contributed by atoms with van der Waals surface area (Å²) in [6.07, 6.45) is 6.23. The van der Waals surface area contributed by atoms with Gasteiger partial charge >= 0.3 is 0 Å². The van der Waals surface area contributed by atoms with Crippen molar-refractivity contribution in [1.29, 1.82) is 5.26 Å². The lowest BCUT2D eigenvalue weighted by molar-refractivity contribution is -0.113. The number of anilines is 2. The van der Waals surface area contributed by atoms with E-state index in [0.29, 0.717) is 16.6 Å². The number of amides is 1. The number of nitrogens with one attached hydrogen (secondary N) is 2. The molecule has 1 amide bonds. The number of nitrogens with zero attached hydrogens (tertiary/aromatic N) is 3. The molecule has 1 fully saturated rings. The third-order valence-electron chi connectivity index (χ3n) is 3.70. The second-order valence-corrected chi connectivity index (χ2v) is 8.58. The summed E-state index contributed by atoms with van der Waals surface area (Å²) >= 11 is 4.19. The van der Waals surface area contributed by atoms with Gasteiger partial charge in [0.25, 0.3) is 0 Å². The molecule has 0 spiro atoms. The molecule has 0 aromatic carbocycles. The molecule has 24 heavy (non-hydrogen) atoms. The minimum atomic E-state index is -0.143. The molecule has 3 rings (SSSR count). The molecule has 0 atom stereocenters. The number of thiophene rings is 1. The lowest BCUT2D eigenvalue weighted by Gasteiger charge is -2.21. The minimum Gasteiger partial charge on any atom is -0.357 e. The Kier molecular flexibility index (Phi) is 6.07. The predicted molar refractivity (Wildman–Crippen MR) is 98.8 cm³/mol. The van der Waals surface area contributed by atoms with E-state index < -0.39 is 0 Å². The Morgan fingerprint density at radius 3 is 3.00 bits per heavy atom. The zero-order valence-corrected chi connectivity index (χ0v) is 15.4. The van der Waals surface area contributed by atoms with Gasteiger partial charge in [-0.3, -0.25) is 4.79 Å². The summed E-state index contributed by atoms with van der Waals surface area (Å²) in [7, 11) is 0. The average Bonchev–Trinajstić information content (AvgIpc) is 3.23. The summed E-state index contributed by atoms with van der Waals surface area (Å²) in [5.41, 5.74) is 0.494. The van der Waals surface area contributed by atoms with Crippen molar-refractivity contribution in [3.05, 3.63) is 17.0 Å². The topological polar surface area (TPSA) is 90.7 Å². The van der Waals surface area contributed by atoms with E-state index in [-0.39, 0.29) is 11.7 Å². The molecule has 2 aromatic rings. The predicted octanol–water partition coefficient (Wildman–Crippen LogP) is 3.95. The van der Waals surface area contributed by atoms with Gasteiger partial charge in [0, 0.05) is 6.04 Å². The molecular formula is C15H17N5OS3. The first-order valence-electron chi connectivity index (χ1n) is 7.75. The first-order chi connectivity index (χ1) is 11.7. The third-order valence-corrected chi connectivity index (χ3v) is 6.52.